The number of amides is 1. The number of nitrogens with zero attached hydrogens (tertiary/aromatic N) is 1. The van der Waals surface area contributed by atoms with Crippen molar-refractivity contribution in [3.8, 4) is 17.6 Å². The van der Waals surface area contributed by atoms with Gasteiger partial charge in [-0.15, -0.1) is 11.3 Å². The minimum atomic E-state index is -1.42. The molecule has 1 aromatic carbocycles. The molecule has 1 aromatic heterocycles. The van der Waals surface area contributed by atoms with Gasteiger partial charge in [0, 0.05) is 27.1 Å². The van der Waals surface area contributed by atoms with Gasteiger partial charge < -0.3 is 14.8 Å². The number of nitrogens with one attached hydrogen (secondary N) is 1. The number of carbonyl (C=O) groups excluding carboxylic acids is 2. The van der Waals surface area contributed by atoms with Crippen LogP contribution >= 0.6 is 11.3 Å². The van der Waals surface area contributed by atoms with Crippen LogP contribution in [0.2, 0.25) is 0 Å². The highest BCUT2D eigenvalue weighted by Gasteiger charge is 2.29. The molecule has 2 aromatic rings. The predicted octanol–water partition coefficient (Wildman–Crippen LogP) is 3.34. The van der Waals surface area contributed by atoms with E-state index in [2.05, 4.69) is 5.32 Å². The van der Waals surface area contributed by atoms with E-state index >= 15 is 0 Å². The number of thiophene rings is 1. The maximum absolute atomic E-state index is 12.5. The summed E-state index contributed by atoms with van der Waals surface area (Å²) in [5.74, 6) is -1.65. The third kappa shape index (κ3) is 3.98. The molecule has 0 bridgehead atoms. The van der Waals surface area contributed by atoms with Gasteiger partial charge in [0.25, 0.3) is 0 Å². The molecule has 1 N–H and O–H groups in total. The van der Waals surface area contributed by atoms with Crippen molar-refractivity contribution in [2.24, 2.45) is 5.92 Å². The second-order valence-electron chi connectivity index (χ2n) is 5.31. The van der Waals surface area contributed by atoms with Crippen molar-refractivity contribution in [1.29, 1.82) is 5.26 Å². The molecule has 2 rings (SSSR count). The first-order chi connectivity index (χ1) is 11.9. The van der Waals surface area contributed by atoms with E-state index in [9.17, 15) is 14.9 Å². The Morgan fingerprint density at radius 2 is 1.84 bits per heavy atom. The maximum Gasteiger partial charge on any atom is 0.249 e. The highest BCUT2D eigenvalue weighted by molar-refractivity contribution is 7.12. The fourth-order valence-electron chi connectivity index (χ4n) is 2.40. The number of ether oxygens (including phenoxy) is 2. The molecule has 0 radical (unpaired) electrons. The fourth-order valence-corrected chi connectivity index (χ4v) is 3.32. The van der Waals surface area contributed by atoms with Gasteiger partial charge in [0.15, 0.2) is 23.2 Å². The molecule has 0 aliphatic carbocycles. The molecule has 130 valence electrons. The topological polar surface area (TPSA) is 88.4 Å². The van der Waals surface area contributed by atoms with Gasteiger partial charge in [-0.3, -0.25) is 9.59 Å². The lowest BCUT2D eigenvalue weighted by Gasteiger charge is -2.12. The van der Waals surface area contributed by atoms with Crippen molar-refractivity contribution in [1.82, 2.24) is 0 Å². The smallest absolute Gasteiger partial charge is 0.249 e. The molecule has 0 aliphatic heterocycles. The molecule has 0 saturated carbocycles. The molecule has 25 heavy (non-hydrogen) atoms. The highest BCUT2D eigenvalue weighted by atomic mass is 32.1. The van der Waals surface area contributed by atoms with E-state index in [0.717, 1.165) is 9.75 Å². The number of anilines is 1. The molecule has 0 saturated heterocycles. The summed E-state index contributed by atoms with van der Waals surface area (Å²) in [4.78, 5) is 26.7. The monoisotopic (exact) mass is 358 g/mol. The zero-order valence-electron chi connectivity index (χ0n) is 14.4. The quantitative estimate of drug-likeness (QED) is 0.632. The van der Waals surface area contributed by atoms with Gasteiger partial charge >= 0.3 is 0 Å². The van der Waals surface area contributed by atoms with Crippen LogP contribution < -0.4 is 14.8 Å². The lowest BCUT2D eigenvalue weighted by Crippen LogP contribution is -2.28. The Balaban J connectivity index is 2.22. The first kappa shape index (κ1) is 18.5. The van der Waals surface area contributed by atoms with Crippen molar-refractivity contribution in [3.63, 3.8) is 0 Å². The van der Waals surface area contributed by atoms with Gasteiger partial charge in [0.1, 0.15) is 0 Å². The predicted molar refractivity (Wildman–Crippen MR) is 95.4 cm³/mol. The molecule has 1 heterocycles. The molecule has 0 spiro atoms. The minimum absolute atomic E-state index is 0.411. The Kier molecular flexibility index (Phi) is 5.78. The normalized spacial score (nSPS) is 11.3. The number of aryl methyl sites for hydroxylation is 2. The van der Waals surface area contributed by atoms with Crippen LogP contribution in [0.5, 0.6) is 11.5 Å². The number of nitriles is 1. The van der Waals surface area contributed by atoms with Gasteiger partial charge in [-0.2, -0.15) is 5.26 Å². The fraction of sp³-hybridized carbons (Fsp3) is 0.278. The number of benzene rings is 1. The third-order valence-electron chi connectivity index (χ3n) is 3.61. The van der Waals surface area contributed by atoms with Crippen molar-refractivity contribution in [3.05, 3.63) is 39.6 Å². The Morgan fingerprint density at radius 1 is 1.16 bits per heavy atom. The van der Waals surface area contributed by atoms with Gasteiger partial charge in [-0.1, -0.05) is 0 Å². The zero-order chi connectivity index (χ0) is 18.6. The first-order valence-electron chi connectivity index (χ1n) is 7.45. The van der Waals surface area contributed by atoms with Gasteiger partial charge in [-0.25, -0.2) is 0 Å². The number of methoxy groups -OCH3 is 2. The van der Waals surface area contributed by atoms with Crippen molar-refractivity contribution in [2.75, 3.05) is 19.5 Å². The number of rotatable bonds is 6. The number of ketones is 1. The molecule has 1 amide bonds. The average molecular weight is 358 g/mol. The standard InChI is InChI=1S/C18H18N2O4S/c1-10-7-13(11(2)25-10)17(21)14(9-19)18(22)20-12-5-6-15(23-3)16(8-12)24-4/h5-8,14H,1-4H3,(H,20,22). The first-order valence-corrected chi connectivity index (χ1v) is 8.26. The molecule has 6 nitrogen and oxygen atoms in total. The van der Waals surface area contributed by atoms with Crippen LogP contribution in [0.15, 0.2) is 24.3 Å². The zero-order valence-corrected chi connectivity index (χ0v) is 15.2. The highest BCUT2D eigenvalue weighted by Crippen LogP contribution is 2.30. The van der Waals surface area contributed by atoms with E-state index in [4.69, 9.17) is 9.47 Å². The van der Waals surface area contributed by atoms with E-state index in [1.807, 2.05) is 6.92 Å². The van der Waals surface area contributed by atoms with Crippen LogP contribution in [-0.2, 0) is 4.79 Å². The number of carbonyl (C=O) groups is 2. The molecule has 1 atom stereocenters. The molecule has 7 heteroatoms. The lowest BCUT2D eigenvalue weighted by molar-refractivity contribution is -0.117. The molecule has 0 fully saturated rings. The van der Waals surface area contributed by atoms with Gasteiger partial charge in [-0.05, 0) is 32.0 Å². The molecular formula is C18H18N2O4S. The van der Waals surface area contributed by atoms with E-state index in [-0.39, 0.29) is 0 Å². The number of hydrogen-bond acceptors (Lipinski definition) is 6. The molecule has 1 unspecified atom stereocenters. The number of hydrogen-bond donors (Lipinski definition) is 1. The Morgan fingerprint density at radius 3 is 2.36 bits per heavy atom. The van der Waals surface area contributed by atoms with E-state index in [1.54, 1.807) is 37.3 Å². The number of Topliss-reactive ketones (excluding diaryl/α,β-unsaturated/α-hetero) is 1. The summed E-state index contributed by atoms with van der Waals surface area (Å²) in [6, 6.07) is 8.30. The van der Waals surface area contributed by atoms with Gasteiger partial charge in [0.05, 0.1) is 20.3 Å². The Bertz CT molecular complexity index is 851. The van der Waals surface area contributed by atoms with Crippen LogP contribution in [0.25, 0.3) is 0 Å². The van der Waals surface area contributed by atoms with Crippen LogP contribution in [0, 0.1) is 31.1 Å². The summed E-state index contributed by atoms with van der Waals surface area (Å²) < 4.78 is 10.3. The summed E-state index contributed by atoms with van der Waals surface area (Å²) in [5.41, 5.74) is 0.824. The van der Waals surface area contributed by atoms with E-state index in [0.29, 0.717) is 22.7 Å². The largest absolute Gasteiger partial charge is 0.493 e. The summed E-state index contributed by atoms with van der Waals surface area (Å²) in [7, 11) is 2.98. The second kappa shape index (κ2) is 7.81. The molecule has 0 aliphatic rings. The van der Waals surface area contributed by atoms with E-state index < -0.39 is 17.6 Å². The summed E-state index contributed by atoms with van der Waals surface area (Å²) in [6.45, 7) is 3.67. The third-order valence-corrected chi connectivity index (χ3v) is 4.58. The minimum Gasteiger partial charge on any atom is -0.493 e. The lowest BCUT2D eigenvalue weighted by atomic mass is 9.98. The summed E-state index contributed by atoms with van der Waals surface area (Å²) in [5, 5.41) is 11.9. The Labute approximate surface area is 150 Å². The molecular weight excluding hydrogens is 340 g/mol. The van der Waals surface area contributed by atoms with Crippen LogP contribution in [0.4, 0.5) is 5.69 Å². The van der Waals surface area contributed by atoms with E-state index in [1.165, 1.54) is 25.6 Å². The Hall–Kier alpha value is -2.85. The maximum atomic E-state index is 12.5. The van der Waals surface area contributed by atoms with Crippen LogP contribution in [0.3, 0.4) is 0 Å². The van der Waals surface area contributed by atoms with Crippen molar-refractivity contribution < 1.29 is 19.1 Å². The van der Waals surface area contributed by atoms with Crippen LogP contribution in [0.1, 0.15) is 20.1 Å². The van der Waals surface area contributed by atoms with Crippen molar-refractivity contribution in [2.45, 2.75) is 13.8 Å². The summed E-state index contributed by atoms with van der Waals surface area (Å²) in [6.07, 6.45) is 0. The van der Waals surface area contributed by atoms with Gasteiger partial charge in [0.2, 0.25) is 5.91 Å². The second-order valence-corrected chi connectivity index (χ2v) is 6.77. The summed E-state index contributed by atoms with van der Waals surface area (Å²) >= 11 is 1.46. The SMILES string of the molecule is COc1ccc(NC(=O)C(C#N)C(=O)c2cc(C)sc2C)cc1OC. The average Bonchev–Trinajstić information content (AvgIpc) is 2.93. The van der Waals surface area contributed by atoms with Crippen LogP contribution in [-0.4, -0.2) is 25.9 Å². The van der Waals surface area contributed by atoms with Crippen molar-refractivity contribution >= 4 is 28.7 Å².